The van der Waals surface area contributed by atoms with Crippen LogP contribution in [0.4, 0.5) is 0 Å². The van der Waals surface area contributed by atoms with E-state index in [1.807, 2.05) is 79.3 Å². The average molecular weight is 415 g/mol. The number of aromatic nitrogens is 2. The van der Waals surface area contributed by atoms with Gasteiger partial charge in [-0.05, 0) is 47.6 Å². The number of hydrogen-bond acceptors (Lipinski definition) is 3. The Morgan fingerprint density at radius 2 is 1.84 bits per heavy atom. The van der Waals surface area contributed by atoms with E-state index >= 15 is 0 Å². The molecule has 2 aromatic heterocycles. The molecule has 2 aromatic carbocycles. The first kappa shape index (κ1) is 20.6. The lowest BCUT2D eigenvalue weighted by atomic mass is 10.0. The number of hydrogen-bond donors (Lipinski definition) is 2. The zero-order chi connectivity index (χ0) is 22.0. The fourth-order valence-electron chi connectivity index (χ4n) is 3.82. The number of carboxylic acid groups (broad SMARTS) is 1. The van der Waals surface area contributed by atoms with E-state index in [9.17, 15) is 14.7 Å². The minimum absolute atomic E-state index is 0.0603. The number of nitrogens with zero attached hydrogens (tertiary/aromatic N) is 2. The molecule has 0 unspecified atom stereocenters. The Labute approximate surface area is 180 Å². The van der Waals surface area contributed by atoms with Crippen LogP contribution in [0.2, 0.25) is 0 Å². The van der Waals surface area contributed by atoms with Gasteiger partial charge in [0.05, 0.1) is 5.52 Å². The fraction of sp³-hybridized carbons (Fsp3) is 0.240. The van der Waals surface area contributed by atoms with E-state index in [1.54, 1.807) is 0 Å². The van der Waals surface area contributed by atoms with Crippen molar-refractivity contribution >= 4 is 33.7 Å². The van der Waals surface area contributed by atoms with Crippen molar-refractivity contribution in [3.05, 3.63) is 67.0 Å². The molecule has 0 bridgehead atoms. The summed E-state index contributed by atoms with van der Waals surface area (Å²) in [5.74, 6) is -1.15. The maximum Gasteiger partial charge on any atom is 0.326 e. The maximum absolute atomic E-state index is 12.5. The van der Waals surface area contributed by atoms with Gasteiger partial charge in [0.1, 0.15) is 12.6 Å². The van der Waals surface area contributed by atoms with Gasteiger partial charge in [0.15, 0.2) is 0 Å². The summed E-state index contributed by atoms with van der Waals surface area (Å²) >= 11 is 0. The van der Waals surface area contributed by atoms with Crippen LogP contribution in [0.3, 0.4) is 0 Å². The molecule has 1 amide bonds. The van der Waals surface area contributed by atoms with Crippen LogP contribution in [-0.2, 0) is 16.1 Å². The van der Waals surface area contributed by atoms with Crippen LogP contribution in [0.25, 0.3) is 32.9 Å². The molecule has 4 aromatic rings. The number of carbonyl (C=O) groups excluding carboxylic acids is 1. The Balaban J connectivity index is 1.59. The SMILES string of the molecule is CC(C)C[C@H](NC(=O)Cn1ccc2ccc(-c3cnc4ccccc4c3)cc21)C(=O)O. The van der Waals surface area contributed by atoms with E-state index < -0.39 is 12.0 Å². The van der Waals surface area contributed by atoms with Crippen LogP contribution >= 0.6 is 0 Å². The summed E-state index contributed by atoms with van der Waals surface area (Å²) in [6.07, 6.45) is 4.10. The average Bonchev–Trinajstić information content (AvgIpc) is 3.14. The third-order valence-corrected chi connectivity index (χ3v) is 5.35. The second-order valence-corrected chi connectivity index (χ2v) is 8.22. The zero-order valence-corrected chi connectivity index (χ0v) is 17.6. The number of para-hydroxylation sites is 1. The Bertz CT molecular complexity index is 1260. The zero-order valence-electron chi connectivity index (χ0n) is 17.6. The monoisotopic (exact) mass is 415 g/mol. The third kappa shape index (κ3) is 4.58. The molecule has 0 aliphatic rings. The van der Waals surface area contributed by atoms with Crippen molar-refractivity contribution in [1.29, 1.82) is 0 Å². The molecular weight excluding hydrogens is 390 g/mol. The predicted molar refractivity (Wildman–Crippen MR) is 122 cm³/mol. The van der Waals surface area contributed by atoms with Crippen molar-refractivity contribution in [3.8, 4) is 11.1 Å². The highest BCUT2D eigenvalue weighted by Gasteiger charge is 2.21. The number of pyridine rings is 1. The molecule has 0 aliphatic carbocycles. The van der Waals surface area contributed by atoms with Crippen LogP contribution in [-0.4, -0.2) is 32.6 Å². The van der Waals surface area contributed by atoms with Gasteiger partial charge in [0.25, 0.3) is 0 Å². The second kappa shape index (κ2) is 8.60. The van der Waals surface area contributed by atoms with Crippen LogP contribution in [0.1, 0.15) is 20.3 Å². The fourth-order valence-corrected chi connectivity index (χ4v) is 3.82. The van der Waals surface area contributed by atoms with E-state index in [0.717, 1.165) is 32.9 Å². The number of benzene rings is 2. The quantitative estimate of drug-likeness (QED) is 0.466. The Kier molecular flexibility index (Phi) is 5.71. The van der Waals surface area contributed by atoms with Crippen molar-refractivity contribution in [1.82, 2.24) is 14.9 Å². The van der Waals surface area contributed by atoms with Crippen molar-refractivity contribution in [2.45, 2.75) is 32.9 Å². The largest absolute Gasteiger partial charge is 0.480 e. The summed E-state index contributed by atoms with van der Waals surface area (Å²) in [5.41, 5.74) is 3.87. The van der Waals surface area contributed by atoms with Crippen LogP contribution in [0.15, 0.2) is 67.0 Å². The van der Waals surface area contributed by atoms with E-state index in [0.29, 0.717) is 6.42 Å². The van der Waals surface area contributed by atoms with Gasteiger partial charge in [-0.25, -0.2) is 4.79 Å². The first-order chi connectivity index (χ1) is 14.9. The third-order valence-electron chi connectivity index (χ3n) is 5.35. The number of aliphatic carboxylic acids is 1. The molecule has 0 fully saturated rings. The molecular formula is C25H25N3O3. The first-order valence-electron chi connectivity index (χ1n) is 10.4. The molecule has 6 heteroatoms. The van der Waals surface area contributed by atoms with Crippen LogP contribution < -0.4 is 5.32 Å². The van der Waals surface area contributed by atoms with Crippen molar-refractivity contribution in [2.75, 3.05) is 0 Å². The number of fused-ring (bicyclic) bond motifs is 2. The summed E-state index contributed by atoms with van der Waals surface area (Å²) in [4.78, 5) is 28.5. The van der Waals surface area contributed by atoms with Gasteiger partial charge in [0, 0.05) is 28.9 Å². The number of carboxylic acids is 1. The highest BCUT2D eigenvalue weighted by molar-refractivity contribution is 5.90. The predicted octanol–water partition coefficient (Wildman–Crippen LogP) is 4.47. The number of rotatable bonds is 7. The molecule has 6 nitrogen and oxygen atoms in total. The van der Waals surface area contributed by atoms with Crippen molar-refractivity contribution < 1.29 is 14.7 Å². The summed E-state index contributed by atoms with van der Waals surface area (Å²) in [5, 5.41) is 14.1. The van der Waals surface area contributed by atoms with Gasteiger partial charge in [-0.3, -0.25) is 9.78 Å². The Morgan fingerprint density at radius 3 is 2.61 bits per heavy atom. The molecule has 0 radical (unpaired) electrons. The molecule has 31 heavy (non-hydrogen) atoms. The lowest BCUT2D eigenvalue weighted by Gasteiger charge is -2.17. The summed E-state index contributed by atoms with van der Waals surface area (Å²) in [6, 6.07) is 17.3. The smallest absolute Gasteiger partial charge is 0.326 e. The number of amides is 1. The van der Waals surface area contributed by atoms with E-state index in [-0.39, 0.29) is 18.4 Å². The van der Waals surface area contributed by atoms with E-state index in [4.69, 9.17) is 0 Å². The van der Waals surface area contributed by atoms with Gasteiger partial charge in [-0.2, -0.15) is 0 Å². The van der Waals surface area contributed by atoms with Crippen molar-refractivity contribution in [2.24, 2.45) is 5.92 Å². The topological polar surface area (TPSA) is 84.2 Å². The molecule has 0 saturated carbocycles. The lowest BCUT2D eigenvalue weighted by Crippen LogP contribution is -2.43. The first-order valence-corrected chi connectivity index (χ1v) is 10.4. The van der Waals surface area contributed by atoms with Crippen LogP contribution in [0, 0.1) is 5.92 Å². The summed E-state index contributed by atoms with van der Waals surface area (Å²) in [6.45, 7) is 3.93. The Hall–Kier alpha value is -3.67. The molecule has 2 N–H and O–H groups in total. The normalized spacial score (nSPS) is 12.4. The second-order valence-electron chi connectivity index (χ2n) is 8.22. The highest BCUT2D eigenvalue weighted by atomic mass is 16.4. The van der Waals surface area contributed by atoms with E-state index in [2.05, 4.69) is 16.4 Å². The molecule has 1 atom stereocenters. The maximum atomic E-state index is 12.5. The van der Waals surface area contributed by atoms with Gasteiger partial charge in [0.2, 0.25) is 5.91 Å². The van der Waals surface area contributed by atoms with Gasteiger partial charge in [-0.1, -0.05) is 44.2 Å². The van der Waals surface area contributed by atoms with Gasteiger partial charge in [-0.15, -0.1) is 0 Å². The number of carbonyl (C=O) groups is 2. The molecule has 0 aliphatic heterocycles. The van der Waals surface area contributed by atoms with E-state index in [1.165, 1.54) is 0 Å². The number of nitrogens with one attached hydrogen (secondary N) is 1. The lowest BCUT2D eigenvalue weighted by molar-refractivity contribution is -0.142. The minimum atomic E-state index is -1.01. The molecule has 0 saturated heterocycles. The molecule has 2 heterocycles. The minimum Gasteiger partial charge on any atom is -0.480 e. The summed E-state index contributed by atoms with van der Waals surface area (Å²) < 4.78 is 1.84. The molecule has 4 rings (SSSR count). The standard InChI is InChI=1S/C25H25N3O3/c1-16(2)11-22(25(30)31)27-24(29)15-28-10-9-17-7-8-18(13-23(17)28)20-12-19-5-3-4-6-21(19)26-14-20/h3-10,12-14,16,22H,11,15H2,1-2H3,(H,27,29)(H,30,31)/t22-/m0/s1. The highest BCUT2D eigenvalue weighted by Crippen LogP contribution is 2.27. The van der Waals surface area contributed by atoms with Crippen molar-refractivity contribution in [3.63, 3.8) is 0 Å². The molecule has 0 spiro atoms. The molecule has 158 valence electrons. The summed E-state index contributed by atoms with van der Waals surface area (Å²) in [7, 11) is 0. The Morgan fingerprint density at radius 1 is 1.03 bits per heavy atom. The van der Waals surface area contributed by atoms with Gasteiger partial charge >= 0.3 is 5.97 Å². The van der Waals surface area contributed by atoms with Gasteiger partial charge < -0.3 is 15.0 Å². The van der Waals surface area contributed by atoms with Crippen LogP contribution in [0.5, 0.6) is 0 Å².